The zero-order valence-electron chi connectivity index (χ0n) is 8.78. The van der Waals surface area contributed by atoms with Gasteiger partial charge in [-0.3, -0.25) is 0 Å². The van der Waals surface area contributed by atoms with Gasteiger partial charge in [0.05, 0.1) is 0 Å². The van der Waals surface area contributed by atoms with Crippen molar-refractivity contribution in [1.82, 2.24) is 0 Å². The van der Waals surface area contributed by atoms with Crippen molar-refractivity contribution >= 4 is 6.09 Å². The fraction of sp³-hybridized carbons (Fsp3) is 0.222. The number of ether oxygens (including phenoxy) is 1. The highest BCUT2D eigenvalue weighted by Crippen LogP contribution is 2.28. The molecule has 1 aromatic carbocycles. The molecule has 8 heteroatoms. The Morgan fingerprint density at radius 3 is 1.47 bits per heavy atom. The maximum atomic E-state index is 12.7. The van der Waals surface area contributed by atoms with Crippen molar-refractivity contribution in [3.05, 3.63) is 29.1 Å². The molecule has 0 aliphatic rings. The van der Waals surface area contributed by atoms with Crippen molar-refractivity contribution < 1.29 is 31.5 Å². The van der Waals surface area contributed by atoms with Gasteiger partial charge >= 0.3 is 6.09 Å². The zero-order valence-corrected chi connectivity index (χ0v) is 8.78. The van der Waals surface area contributed by atoms with E-state index in [0.29, 0.717) is 0 Å². The number of rotatable bonds is 1. The Balaban J connectivity index is 0.00000121. The number of hydrogen-bond donors (Lipinski definition) is 1. The van der Waals surface area contributed by atoms with Gasteiger partial charge in [0.25, 0.3) is 0 Å². The first-order valence-electron chi connectivity index (χ1n) is 4.35. The van der Waals surface area contributed by atoms with E-state index in [4.69, 9.17) is 0 Å². The van der Waals surface area contributed by atoms with Crippen LogP contribution in [0.15, 0.2) is 0 Å². The summed E-state index contributed by atoms with van der Waals surface area (Å²) in [6, 6.07) is 0. The lowest BCUT2D eigenvalue weighted by Gasteiger charge is -2.06. The van der Waals surface area contributed by atoms with E-state index in [0.717, 1.165) is 0 Å². The Morgan fingerprint density at radius 1 is 0.882 bits per heavy atom. The van der Waals surface area contributed by atoms with Crippen LogP contribution in [-0.4, -0.2) is 6.09 Å². The van der Waals surface area contributed by atoms with E-state index < -0.39 is 40.9 Å². The molecule has 0 saturated carbocycles. The summed E-state index contributed by atoms with van der Waals surface area (Å²) < 4.78 is 66.4. The average molecular weight is 257 g/mol. The third kappa shape index (κ3) is 3.05. The zero-order chi connectivity index (χ0) is 13.7. The average Bonchev–Trinajstić information content (AvgIpc) is 2.32. The van der Waals surface area contributed by atoms with Gasteiger partial charge in [-0.05, 0) is 0 Å². The lowest BCUT2D eigenvalue weighted by Crippen LogP contribution is -2.19. The van der Waals surface area contributed by atoms with Crippen molar-refractivity contribution in [1.29, 1.82) is 0 Å². The van der Waals surface area contributed by atoms with E-state index >= 15 is 0 Å². The Labute approximate surface area is 93.0 Å². The predicted octanol–water partition coefficient (Wildman–Crippen LogP) is 2.87. The Morgan fingerprint density at radius 2 is 1.18 bits per heavy atom. The lowest BCUT2D eigenvalue weighted by molar-refractivity contribution is 0.203. The molecule has 0 bridgehead atoms. The van der Waals surface area contributed by atoms with E-state index in [1.165, 1.54) is 0 Å². The SMILES string of the molecule is CC.NC(=O)Oc1c(F)c(F)c(F)c(F)c1F. The van der Waals surface area contributed by atoms with Crippen LogP contribution in [0.25, 0.3) is 0 Å². The molecule has 0 heterocycles. The van der Waals surface area contributed by atoms with Gasteiger partial charge in [0.2, 0.25) is 34.8 Å². The van der Waals surface area contributed by atoms with E-state index in [-0.39, 0.29) is 0 Å². The fourth-order valence-corrected chi connectivity index (χ4v) is 0.775. The van der Waals surface area contributed by atoms with Gasteiger partial charge in [0.15, 0.2) is 0 Å². The minimum absolute atomic E-state index is 1.70. The predicted molar refractivity (Wildman–Crippen MR) is 47.8 cm³/mol. The molecule has 0 radical (unpaired) electrons. The summed E-state index contributed by atoms with van der Waals surface area (Å²) in [5, 5.41) is 0. The Kier molecular flexibility index (Phi) is 5.36. The van der Waals surface area contributed by atoms with Crippen LogP contribution in [0.2, 0.25) is 0 Å². The maximum Gasteiger partial charge on any atom is 0.410 e. The smallest absolute Gasteiger partial charge is 0.404 e. The molecule has 0 aromatic heterocycles. The summed E-state index contributed by atoms with van der Waals surface area (Å²) in [5.74, 6) is -13.0. The highest BCUT2D eigenvalue weighted by molar-refractivity contribution is 5.68. The van der Waals surface area contributed by atoms with Crippen LogP contribution < -0.4 is 10.5 Å². The second-order valence-corrected chi connectivity index (χ2v) is 2.32. The molecule has 96 valence electrons. The van der Waals surface area contributed by atoms with Crippen LogP contribution in [0.4, 0.5) is 26.7 Å². The van der Waals surface area contributed by atoms with Crippen LogP contribution in [0.3, 0.4) is 0 Å². The van der Waals surface area contributed by atoms with E-state index in [1.54, 1.807) is 0 Å². The molecular formula is C9H8F5NO2. The maximum absolute atomic E-state index is 12.7. The standard InChI is InChI=1S/C7H2F5NO2.C2H6/c8-1-2(9)4(11)6(15-7(13)14)5(12)3(1)10;1-2/h(H2,13,14);1-2H3. The summed E-state index contributed by atoms with van der Waals surface area (Å²) in [6.45, 7) is 4.00. The Bertz CT molecular complexity index is 407. The van der Waals surface area contributed by atoms with Gasteiger partial charge < -0.3 is 10.5 Å². The number of carbonyl (C=O) groups excluding carboxylic acids is 1. The van der Waals surface area contributed by atoms with Crippen LogP contribution in [0, 0.1) is 29.1 Å². The van der Waals surface area contributed by atoms with Crippen molar-refractivity contribution in [2.75, 3.05) is 0 Å². The quantitative estimate of drug-likeness (QED) is 0.477. The van der Waals surface area contributed by atoms with Crippen molar-refractivity contribution in [2.45, 2.75) is 13.8 Å². The second kappa shape index (κ2) is 6.02. The summed E-state index contributed by atoms with van der Waals surface area (Å²) in [5.41, 5.74) is 4.37. The Hall–Kier alpha value is -1.86. The molecule has 1 aromatic rings. The first-order chi connectivity index (χ1) is 7.86. The molecule has 1 amide bonds. The molecule has 2 N–H and O–H groups in total. The van der Waals surface area contributed by atoms with Crippen molar-refractivity contribution in [2.24, 2.45) is 5.73 Å². The van der Waals surface area contributed by atoms with E-state index in [2.05, 4.69) is 10.5 Å². The summed E-state index contributed by atoms with van der Waals surface area (Å²) in [7, 11) is 0. The van der Waals surface area contributed by atoms with Crippen molar-refractivity contribution in [3.8, 4) is 5.75 Å². The van der Waals surface area contributed by atoms with Gasteiger partial charge in [-0.15, -0.1) is 0 Å². The molecule has 1 rings (SSSR count). The molecule has 0 aliphatic heterocycles. The van der Waals surface area contributed by atoms with Gasteiger partial charge in [0.1, 0.15) is 0 Å². The summed E-state index contributed by atoms with van der Waals surface area (Å²) >= 11 is 0. The number of carbonyl (C=O) groups is 1. The molecule has 3 nitrogen and oxygen atoms in total. The van der Waals surface area contributed by atoms with Crippen LogP contribution >= 0.6 is 0 Å². The van der Waals surface area contributed by atoms with Crippen molar-refractivity contribution in [3.63, 3.8) is 0 Å². The molecule has 0 fully saturated rings. The second-order valence-electron chi connectivity index (χ2n) is 2.32. The number of nitrogens with two attached hydrogens (primary N) is 1. The number of benzene rings is 1. The van der Waals surface area contributed by atoms with Gasteiger partial charge in [-0.25, -0.2) is 18.0 Å². The normalized spacial score (nSPS) is 9.35. The monoisotopic (exact) mass is 257 g/mol. The third-order valence-corrected chi connectivity index (χ3v) is 1.37. The number of halogens is 5. The third-order valence-electron chi connectivity index (χ3n) is 1.37. The topological polar surface area (TPSA) is 52.3 Å². The largest absolute Gasteiger partial charge is 0.410 e. The number of primary amides is 1. The minimum atomic E-state index is -2.35. The highest BCUT2D eigenvalue weighted by atomic mass is 19.2. The molecule has 0 saturated heterocycles. The fourth-order valence-electron chi connectivity index (χ4n) is 0.775. The molecular weight excluding hydrogens is 249 g/mol. The van der Waals surface area contributed by atoms with E-state index in [9.17, 15) is 26.7 Å². The molecule has 17 heavy (non-hydrogen) atoms. The van der Waals surface area contributed by atoms with Crippen LogP contribution in [0.1, 0.15) is 13.8 Å². The van der Waals surface area contributed by atoms with Gasteiger partial charge in [-0.2, -0.15) is 8.78 Å². The number of amides is 1. The molecule has 0 aliphatic carbocycles. The first-order valence-corrected chi connectivity index (χ1v) is 4.35. The first kappa shape index (κ1) is 15.1. The molecule has 0 unspecified atom stereocenters. The van der Waals surface area contributed by atoms with Crippen LogP contribution in [0.5, 0.6) is 5.75 Å². The van der Waals surface area contributed by atoms with E-state index in [1.807, 2.05) is 13.8 Å². The molecule has 0 spiro atoms. The van der Waals surface area contributed by atoms with Gasteiger partial charge in [0, 0.05) is 0 Å². The highest BCUT2D eigenvalue weighted by Gasteiger charge is 2.27. The molecule has 0 atom stereocenters. The van der Waals surface area contributed by atoms with Gasteiger partial charge in [-0.1, -0.05) is 13.8 Å². The number of hydrogen-bond acceptors (Lipinski definition) is 2. The summed E-state index contributed by atoms with van der Waals surface area (Å²) in [6.07, 6.45) is -1.70. The van der Waals surface area contributed by atoms with Crippen LogP contribution in [-0.2, 0) is 0 Å². The minimum Gasteiger partial charge on any atom is -0.404 e. The summed E-state index contributed by atoms with van der Waals surface area (Å²) in [4.78, 5) is 10.1. The lowest BCUT2D eigenvalue weighted by atomic mass is 10.3.